The summed E-state index contributed by atoms with van der Waals surface area (Å²) in [5.74, 6) is -0.858. The number of alkyl halides is 2. The molecule has 28 heavy (non-hydrogen) atoms. The third kappa shape index (κ3) is 22.7. The fraction of sp³-hybridized carbons (Fsp3) is 0.909. The monoisotopic (exact) mass is 622 g/mol. The molecule has 0 aromatic rings. The van der Waals surface area contributed by atoms with Gasteiger partial charge in [-0.1, -0.05) is 122 Å². The minimum absolute atomic E-state index is 0.333. The minimum atomic E-state index is -0.429. The van der Waals surface area contributed by atoms with Crippen LogP contribution in [-0.2, 0) is 19.4 Å². The molecule has 4 nitrogen and oxygen atoms in total. The van der Waals surface area contributed by atoms with Gasteiger partial charge in [0.05, 0.1) is 12.8 Å². The number of halogens is 2. The van der Waals surface area contributed by atoms with Gasteiger partial charge in [-0.05, 0) is 34.5 Å². The first-order valence-electron chi connectivity index (χ1n) is 11.2. The molecule has 0 fully saturated rings. The first-order chi connectivity index (χ1) is 13.7. The van der Waals surface area contributed by atoms with Gasteiger partial charge < -0.3 is 0 Å². The smallest absolute Gasteiger partial charge is 0.247 e. The van der Waals surface area contributed by atoms with Crippen molar-refractivity contribution in [3.8, 4) is 0 Å². The molecule has 0 aliphatic rings. The van der Waals surface area contributed by atoms with E-state index in [1.807, 2.05) is 0 Å². The summed E-state index contributed by atoms with van der Waals surface area (Å²) >= 11 is 4.85. The van der Waals surface area contributed by atoms with Crippen LogP contribution in [0, 0.1) is 0 Å². The maximum atomic E-state index is 11.6. The van der Waals surface area contributed by atoms with Crippen molar-refractivity contribution in [2.24, 2.45) is 0 Å². The quantitative estimate of drug-likeness (QED) is 0.0456. The average molecular weight is 622 g/mol. The van der Waals surface area contributed by atoms with Crippen molar-refractivity contribution in [3.63, 3.8) is 0 Å². The molecule has 0 saturated heterocycles. The van der Waals surface area contributed by atoms with Gasteiger partial charge in [0, 0.05) is 0 Å². The van der Waals surface area contributed by atoms with Gasteiger partial charge in [0.15, 0.2) is 0 Å². The summed E-state index contributed by atoms with van der Waals surface area (Å²) in [6.07, 6.45) is 19.7. The van der Waals surface area contributed by atoms with Crippen molar-refractivity contribution in [1.82, 2.24) is 0 Å². The minimum Gasteiger partial charge on any atom is -0.247 e. The number of rotatable bonds is 20. The van der Waals surface area contributed by atoms with Gasteiger partial charge in [-0.2, -0.15) is 0 Å². The molecule has 0 bridgehead atoms. The van der Waals surface area contributed by atoms with E-state index >= 15 is 0 Å². The van der Waals surface area contributed by atoms with E-state index in [2.05, 4.69) is 55.0 Å². The second-order valence-corrected chi connectivity index (χ2v) is 9.60. The molecule has 0 rings (SSSR count). The number of hydrogen-bond donors (Lipinski definition) is 0. The molecule has 0 radical (unpaired) electrons. The Labute approximate surface area is 199 Å². The van der Waals surface area contributed by atoms with Crippen LogP contribution in [0.2, 0.25) is 0 Å². The van der Waals surface area contributed by atoms with E-state index in [1.165, 1.54) is 73.1 Å². The van der Waals surface area contributed by atoms with Crippen LogP contribution >= 0.6 is 45.2 Å². The predicted molar refractivity (Wildman–Crippen MR) is 133 cm³/mol. The molecule has 0 saturated carbocycles. The molecule has 166 valence electrons. The number of hydrogen-bond acceptors (Lipinski definition) is 4. The van der Waals surface area contributed by atoms with Crippen LogP contribution in [0.1, 0.15) is 116 Å². The molecule has 0 unspecified atom stereocenters. The Morgan fingerprint density at radius 2 is 0.679 bits per heavy atom. The van der Waals surface area contributed by atoms with Gasteiger partial charge >= 0.3 is 11.9 Å². The van der Waals surface area contributed by atoms with Crippen LogP contribution < -0.4 is 0 Å². The van der Waals surface area contributed by atoms with E-state index < -0.39 is 11.9 Å². The van der Waals surface area contributed by atoms with Crippen molar-refractivity contribution >= 4 is 57.1 Å². The van der Waals surface area contributed by atoms with Gasteiger partial charge in [0.2, 0.25) is 0 Å². The van der Waals surface area contributed by atoms with Crippen LogP contribution in [-0.4, -0.2) is 20.8 Å². The molecule has 0 aromatic carbocycles. The lowest BCUT2D eigenvalue weighted by molar-refractivity contribution is -0.259. The van der Waals surface area contributed by atoms with Crippen molar-refractivity contribution in [2.45, 2.75) is 116 Å². The Balaban J connectivity index is 3.32. The van der Waals surface area contributed by atoms with Crippen LogP contribution in [0.25, 0.3) is 0 Å². The van der Waals surface area contributed by atoms with Crippen molar-refractivity contribution in [3.05, 3.63) is 0 Å². The molecule has 0 heterocycles. The average Bonchev–Trinajstić information content (AvgIpc) is 2.69. The second-order valence-electron chi connectivity index (χ2n) is 7.45. The third-order valence-electron chi connectivity index (χ3n) is 4.76. The van der Waals surface area contributed by atoms with E-state index in [9.17, 15) is 9.59 Å². The van der Waals surface area contributed by atoms with Gasteiger partial charge in [-0.3, -0.25) is 0 Å². The third-order valence-corrected chi connectivity index (χ3v) is 6.28. The Bertz CT molecular complexity index is 330. The van der Waals surface area contributed by atoms with Crippen molar-refractivity contribution < 1.29 is 19.4 Å². The lowest BCUT2D eigenvalue weighted by atomic mass is 10.1. The Hall–Kier alpha value is 0.400. The summed E-state index contributed by atoms with van der Waals surface area (Å²) < 4.78 is 2.51. The Morgan fingerprint density at radius 3 is 0.964 bits per heavy atom. The van der Waals surface area contributed by atoms with Crippen LogP contribution in [0.3, 0.4) is 0 Å². The molecule has 6 heteroatoms. The van der Waals surface area contributed by atoms with Crippen LogP contribution in [0.15, 0.2) is 0 Å². The molecule has 0 amide bonds. The van der Waals surface area contributed by atoms with Crippen molar-refractivity contribution in [2.75, 3.05) is 8.86 Å². The number of unbranched alkanes of at least 4 members (excludes halogenated alkanes) is 14. The Kier molecular flexibility index (Phi) is 24.0. The highest BCUT2D eigenvalue weighted by Gasteiger charge is 2.09. The van der Waals surface area contributed by atoms with Gasteiger partial charge in [0.25, 0.3) is 0 Å². The molecule has 0 N–H and O–H groups in total. The lowest BCUT2D eigenvalue weighted by Gasteiger charge is -2.04. The van der Waals surface area contributed by atoms with Gasteiger partial charge in [-0.15, -0.1) is 0 Å². The highest BCUT2D eigenvalue weighted by atomic mass is 127. The summed E-state index contributed by atoms with van der Waals surface area (Å²) in [7, 11) is 0. The van der Waals surface area contributed by atoms with Crippen LogP contribution in [0.4, 0.5) is 0 Å². The fourth-order valence-electron chi connectivity index (χ4n) is 3.03. The topological polar surface area (TPSA) is 52.6 Å². The van der Waals surface area contributed by atoms with Gasteiger partial charge in [-0.25, -0.2) is 19.4 Å². The van der Waals surface area contributed by atoms with Crippen LogP contribution in [0.5, 0.6) is 0 Å². The normalized spacial score (nSPS) is 10.8. The van der Waals surface area contributed by atoms with Crippen molar-refractivity contribution in [1.29, 1.82) is 0 Å². The van der Waals surface area contributed by atoms with E-state index in [1.54, 1.807) is 0 Å². The summed E-state index contributed by atoms with van der Waals surface area (Å²) in [6, 6.07) is 0. The van der Waals surface area contributed by atoms with E-state index in [0.717, 1.165) is 38.5 Å². The van der Waals surface area contributed by atoms with E-state index in [0.29, 0.717) is 12.8 Å². The predicted octanol–water partition coefficient (Wildman–Crippen LogP) is 7.88. The molecule has 0 atom stereocenters. The lowest BCUT2D eigenvalue weighted by Crippen LogP contribution is -2.11. The zero-order valence-corrected chi connectivity index (χ0v) is 21.8. The SMILES string of the molecule is O=C(CCCCCCCCCCI)OOC(=O)CCCCCCCCCCI. The summed E-state index contributed by atoms with van der Waals surface area (Å²) in [5.41, 5.74) is 0. The summed E-state index contributed by atoms with van der Waals surface area (Å²) in [6.45, 7) is 0. The zero-order valence-electron chi connectivity index (χ0n) is 17.5. The number of carbonyl (C=O) groups excluding carboxylic acids is 2. The maximum Gasteiger partial charge on any atom is 0.355 e. The number of carbonyl (C=O) groups is 2. The first kappa shape index (κ1) is 28.4. The molecule has 0 aromatic heterocycles. The molecular formula is C22H40I2O4. The molecular weight excluding hydrogens is 582 g/mol. The zero-order chi connectivity index (χ0) is 20.7. The molecule has 0 spiro atoms. The first-order valence-corrected chi connectivity index (χ1v) is 14.3. The highest BCUT2D eigenvalue weighted by molar-refractivity contribution is 14.1. The largest absolute Gasteiger partial charge is 0.355 e. The standard InChI is InChI=1S/C22H40I2O4/c23-19-15-11-7-3-1-5-9-13-17-21(25)27-28-22(26)18-14-10-6-2-4-8-12-16-20-24/h1-20H2. The fourth-order valence-corrected chi connectivity index (χ4v) is 4.10. The Morgan fingerprint density at radius 1 is 0.429 bits per heavy atom. The maximum absolute atomic E-state index is 11.6. The van der Waals surface area contributed by atoms with E-state index in [-0.39, 0.29) is 0 Å². The second kappa shape index (κ2) is 23.7. The summed E-state index contributed by atoms with van der Waals surface area (Å²) in [4.78, 5) is 32.4. The highest BCUT2D eigenvalue weighted by Crippen LogP contribution is 2.12. The molecule has 0 aliphatic carbocycles. The van der Waals surface area contributed by atoms with E-state index in [4.69, 9.17) is 0 Å². The van der Waals surface area contributed by atoms with Gasteiger partial charge in [0.1, 0.15) is 0 Å². The molecule has 0 aliphatic heterocycles. The summed E-state index contributed by atoms with van der Waals surface area (Å²) in [5, 5.41) is 0.